The molecule has 18 heavy (non-hydrogen) atoms. The van der Waals surface area contributed by atoms with Crippen molar-refractivity contribution in [3.63, 3.8) is 0 Å². The van der Waals surface area contributed by atoms with Gasteiger partial charge in [-0.15, -0.1) is 0 Å². The SMILES string of the molecule is CNc1cc(C)nc(CN2CCOC(C)(C)C2)n1. The van der Waals surface area contributed by atoms with E-state index in [4.69, 9.17) is 4.74 Å². The molecule has 1 N–H and O–H groups in total. The van der Waals surface area contributed by atoms with Crippen LogP contribution in [0.5, 0.6) is 0 Å². The number of aromatic nitrogens is 2. The van der Waals surface area contributed by atoms with Crippen molar-refractivity contribution in [3.05, 3.63) is 17.6 Å². The summed E-state index contributed by atoms with van der Waals surface area (Å²) in [5.74, 6) is 1.75. The first-order valence-electron chi connectivity index (χ1n) is 6.37. The lowest BCUT2D eigenvalue weighted by molar-refractivity contribution is -0.0887. The number of rotatable bonds is 3. The number of ether oxygens (including phenoxy) is 1. The summed E-state index contributed by atoms with van der Waals surface area (Å²) >= 11 is 0. The molecule has 0 spiro atoms. The maximum Gasteiger partial charge on any atom is 0.144 e. The van der Waals surface area contributed by atoms with Gasteiger partial charge in [-0.3, -0.25) is 4.90 Å². The molecule has 2 rings (SSSR count). The number of nitrogens with one attached hydrogen (secondary N) is 1. The van der Waals surface area contributed by atoms with E-state index in [2.05, 4.69) is 34.0 Å². The Hall–Kier alpha value is -1.20. The van der Waals surface area contributed by atoms with Crippen LogP contribution in [0.4, 0.5) is 5.82 Å². The van der Waals surface area contributed by atoms with Crippen molar-refractivity contribution in [1.29, 1.82) is 0 Å². The van der Waals surface area contributed by atoms with E-state index in [1.807, 2.05) is 20.0 Å². The Kier molecular flexibility index (Phi) is 3.82. The summed E-state index contributed by atoms with van der Waals surface area (Å²) in [5, 5.41) is 3.07. The molecule has 5 nitrogen and oxygen atoms in total. The molecule has 0 saturated carbocycles. The van der Waals surface area contributed by atoms with Crippen molar-refractivity contribution in [2.24, 2.45) is 0 Å². The monoisotopic (exact) mass is 250 g/mol. The third-order valence-corrected chi connectivity index (χ3v) is 3.03. The summed E-state index contributed by atoms with van der Waals surface area (Å²) in [5.41, 5.74) is 0.922. The highest BCUT2D eigenvalue weighted by molar-refractivity contribution is 5.34. The molecule has 1 aliphatic heterocycles. The maximum absolute atomic E-state index is 5.71. The molecule has 0 aromatic carbocycles. The molecule has 1 saturated heterocycles. The Morgan fingerprint density at radius 3 is 2.89 bits per heavy atom. The normalized spacial score (nSPS) is 19.8. The minimum Gasteiger partial charge on any atom is -0.373 e. The average Bonchev–Trinajstić information content (AvgIpc) is 2.26. The van der Waals surface area contributed by atoms with E-state index in [9.17, 15) is 0 Å². The zero-order valence-corrected chi connectivity index (χ0v) is 11.7. The lowest BCUT2D eigenvalue weighted by atomic mass is 10.1. The van der Waals surface area contributed by atoms with Crippen molar-refractivity contribution in [2.75, 3.05) is 32.1 Å². The van der Waals surface area contributed by atoms with Crippen molar-refractivity contribution < 1.29 is 4.74 Å². The summed E-state index contributed by atoms with van der Waals surface area (Å²) in [7, 11) is 1.88. The van der Waals surface area contributed by atoms with Gasteiger partial charge in [0.1, 0.15) is 11.6 Å². The molecule has 1 aromatic heterocycles. The Bertz CT molecular complexity index is 419. The third-order valence-electron chi connectivity index (χ3n) is 3.03. The molecule has 100 valence electrons. The smallest absolute Gasteiger partial charge is 0.144 e. The third kappa shape index (κ3) is 3.40. The van der Waals surface area contributed by atoms with Gasteiger partial charge in [0.15, 0.2) is 0 Å². The number of hydrogen-bond donors (Lipinski definition) is 1. The molecule has 0 amide bonds. The summed E-state index contributed by atoms with van der Waals surface area (Å²) in [6.45, 7) is 9.65. The summed E-state index contributed by atoms with van der Waals surface area (Å²) in [4.78, 5) is 11.3. The second kappa shape index (κ2) is 5.20. The van der Waals surface area contributed by atoms with Crippen LogP contribution >= 0.6 is 0 Å². The standard InChI is InChI=1S/C13H22N4O/c1-10-7-11(14-4)16-12(15-10)8-17-5-6-18-13(2,3)9-17/h7H,5-6,8-9H2,1-4H3,(H,14,15,16). The summed E-state index contributed by atoms with van der Waals surface area (Å²) in [6, 6.07) is 1.95. The molecule has 0 atom stereocenters. The minimum atomic E-state index is -0.0755. The van der Waals surface area contributed by atoms with Gasteiger partial charge in [0.25, 0.3) is 0 Å². The van der Waals surface area contributed by atoms with Crippen LogP contribution in [0, 0.1) is 6.92 Å². The van der Waals surface area contributed by atoms with E-state index in [0.717, 1.165) is 43.6 Å². The molecule has 0 aliphatic carbocycles. The number of nitrogens with zero attached hydrogens (tertiary/aromatic N) is 3. The largest absolute Gasteiger partial charge is 0.373 e. The van der Waals surface area contributed by atoms with Gasteiger partial charge in [-0.1, -0.05) is 0 Å². The van der Waals surface area contributed by atoms with Crippen LogP contribution in [0.1, 0.15) is 25.4 Å². The molecule has 2 heterocycles. The maximum atomic E-state index is 5.71. The van der Waals surface area contributed by atoms with E-state index >= 15 is 0 Å². The Morgan fingerprint density at radius 2 is 2.22 bits per heavy atom. The van der Waals surface area contributed by atoms with Gasteiger partial charge < -0.3 is 10.1 Å². The molecule has 5 heteroatoms. The van der Waals surface area contributed by atoms with Crippen LogP contribution in [-0.4, -0.2) is 47.2 Å². The van der Waals surface area contributed by atoms with Gasteiger partial charge in [0, 0.05) is 31.9 Å². The predicted molar refractivity (Wildman–Crippen MR) is 71.6 cm³/mol. The van der Waals surface area contributed by atoms with Gasteiger partial charge in [-0.05, 0) is 20.8 Å². The number of aryl methyl sites for hydroxylation is 1. The summed E-state index contributed by atoms with van der Waals surface area (Å²) < 4.78 is 5.71. The highest BCUT2D eigenvalue weighted by atomic mass is 16.5. The molecule has 0 radical (unpaired) electrons. The van der Waals surface area contributed by atoms with Crippen molar-refractivity contribution in [2.45, 2.75) is 32.9 Å². The minimum absolute atomic E-state index is 0.0755. The Labute approximate surface area is 109 Å². The van der Waals surface area contributed by atoms with Gasteiger partial charge in [-0.2, -0.15) is 0 Å². The van der Waals surface area contributed by atoms with Crippen molar-refractivity contribution >= 4 is 5.82 Å². The van der Waals surface area contributed by atoms with Crippen LogP contribution in [-0.2, 0) is 11.3 Å². The fraction of sp³-hybridized carbons (Fsp3) is 0.692. The molecule has 0 unspecified atom stereocenters. The van der Waals surface area contributed by atoms with Gasteiger partial charge in [0.2, 0.25) is 0 Å². The van der Waals surface area contributed by atoms with E-state index in [1.54, 1.807) is 0 Å². The van der Waals surface area contributed by atoms with Crippen LogP contribution < -0.4 is 5.32 Å². The van der Waals surface area contributed by atoms with E-state index in [0.29, 0.717) is 0 Å². The van der Waals surface area contributed by atoms with E-state index < -0.39 is 0 Å². The van der Waals surface area contributed by atoms with Crippen molar-refractivity contribution in [1.82, 2.24) is 14.9 Å². The molecular formula is C13H22N4O. The van der Waals surface area contributed by atoms with Crippen molar-refractivity contribution in [3.8, 4) is 0 Å². The van der Waals surface area contributed by atoms with E-state index in [-0.39, 0.29) is 5.60 Å². The fourth-order valence-electron chi connectivity index (χ4n) is 2.28. The first-order valence-corrected chi connectivity index (χ1v) is 6.37. The lowest BCUT2D eigenvalue weighted by Crippen LogP contribution is -2.47. The molecular weight excluding hydrogens is 228 g/mol. The number of anilines is 1. The van der Waals surface area contributed by atoms with E-state index in [1.165, 1.54) is 0 Å². The lowest BCUT2D eigenvalue weighted by Gasteiger charge is -2.37. The number of morpholine rings is 1. The zero-order chi connectivity index (χ0) is 13.2. The molecule has 1 aliphatic rings. The Balaban J connectivity index is 2.07. The van der Waals surface area contributed by atoms with Crippen LogP contribution in [0.25, 0.3) is 0 Å². The Morgan fingerprint density at radius 1 is 1.44 bits per heavy atom. The van der Waals surface area contributed by atoms with Crippen LogP contribution in [0.3, 0.4) is 0 Å². The highest BCUT2D eigenvalue weighted by Gasteiger charge is 2.27. The zero-order valence-electron chi connectivity index (χ0n) is 11.7. The second-order valence-electron chi connectivity index (χ2n) is 5.38. The quantitative estimate of drug-likeness (QED) is 0.879. The van der Waals surface area contributed by atoms with Gasteiger partial charge in [0.05, 0.1) is 18.8 Å². The molecule has 0 bridgehead atoms. The van der Waals surface area contributed by atoms with Gasteiger partial charge in [-0.25, -0.2) is 9.97 Å². The first kappa shape index (κ1) is 13.2. The summed E-state index contributed by atoms with van der Waals surface area (Å²) in [6.07, 6.45) is 0. The fourth-order valence-corrected chi connectivity index (χ4v) is 2.28. The van der Waals surface area contributed by atoms with Gasteiger partial charge >= 0.3 is 0 Å². The van der Waals surface area contributed by atoms with Crippen LogP contribution in [0.15, 0.2) is 6.07 Å². The second-order valence-corrected chi connectivity index (χ2v) is 5.38. The van der Waals surface area contributed by atoms with Crippen LogP contribution in [0.2, 0.25) is 0 Å². The molecule has 1 aromatic rings. The predicted octanol–water partition coefficient (Wildman–Crippen LogP) is 1.44. The highest BCUT2D eigenvalue weighted by Crippen LogP contribution is 2.18. The molecule has 1 fully saturated rings. The average molecular weight is 250 g/mol. The first-order chi connectivity index (χ1) is 8.48. The topological polar surface area (TPSA) is 50.3 Å². The number of hydrogen-bond acceptors (Lipinski definition) is 5.